The number of nitrogen functional groups attached to an aromatic ring is 1. The van der Waals surface area contributed by atoms with Crippen LogP contribution in [-0.4, -0.2) is 66.7 Å². The Morgan fingerprint density at radius 2 is 2.00 bits per heavy atom. The van der Waals surface area contributed by atoms with Crippen LogP contribution in [0.3, 0.4) is 0 Å². The van der Waals surface area contributed by atoms with Gasteiger partial charge in [-0.1, -0.05) is 11.3 Å². The molecule has 0 radical (unpaired) electrons. The van der Waals surface area contributed by atoms with Gasteiger partial charge in [-0.2, -0.15) is 11.8 Å². The smallest absolute Gasteiger partial charge is 0.267 e. The van der Waals surface area contributed by atoms with Gasteiger partial charge in [0.15, 0.2) is 5.13 Å². The second-order valence-corrected chi connectivity index (χ2v) is 7.27. The molecule has 3 rings (SSSR count). The van der Waals surface area contributed by atoms with Crippen LogP contribution >= 0.6 is 23.1 Å². The molecule has 3 heterocycles. The van der Waals surface area contributed by atoms with Crippen LogP contribution in [0.15, 0.2) is 0 Å². The quantitative estimate of drug-likeness (QED) is 0.878. The zero-order chi connectivity index (χ0) is 14.7. The average molecular weight is 328 g/mol. The first kappa shape index (κ1) is 14.9. The minimum Gasteiger partial charge on any atom is -0.382 e. The highest BCUT2D eigenvalue weighted by Gasteiger charge is 2.25. The fraction of sp³-hybridized carbons (Fsp3) is 0.692. The number of rotatable bonds is 2. The Morgan fingerprint density at radius 3 is 2.81 bits per heavy atom. The SMILES string of the molecule is Nc1nc(N2CCOCC2)sc1C(=O)N1CCCSCC1. The molecule has 1 amide bonds. The number of amides is 1. The van der Waals surface area contributed by atoms with Crippen LogP contribution in [0.5, 0.6) is 0 Å². The summed E-state index contributed by atoms with van der Waals surface area (Å²) in [6.45, 7) is 4.63. The van der Waals surface area contributed by atoms with Crippen molar-refractivity contribution in [3.05, 3.63) is 4.88 Å². The zero-order valence-corrected chi connectivity index (χ0v) is 13.5. The molecular formula is C13H20N4O2S2. The molecule has 116 valence electrons. The molecule has 0 bridgehead atoms. The molecule has 0 atom stereocenters. The molecule has 1 aromatic rings. The van der Waals surface area contributed by atoms with Gasteiger partial charge in [0, 0.05) is 31.9 Å². The molecule has 6 nitrogen and oxygen atoms in total. The van der Waals surface area contributed by atoms with Crippen molar-refractivity contribution in [2.24, 2.45) is 0 Å². The molecule has 2 aliphatic heterocycles. The largest absolute Gasteiger partial charge is 0.382 e. The zero-order valence-electron chi connectivity index (χ0n) is 11.9. The van der Waals surface area contributed by atoms with Gasteiger partial charge in [0.2, 0.25) is 0 Å². The molecule has 0 aliphatic carbocycles. The number of hydrogen-bond donors (Lipinski definition) is 1. The summed E-state index contributed by atoms with van der Waals surface area (Å²) in [7, 11) is 0. The van der Waals surface area contributed by atoms with E-state index in [0.29, 0.717) is 23.9 Å². The third-order valence-electron chi connectivity index (χ3n) is 3.63. The van der Waals surface area contributed by atoms with Gasteiger partial charge in [-0.25, -0.2) is 4.98 Å². The summed E-state index contributed by atoms with van der Waals surface area (Å²) in [6, 6.07) is 0. The fourth-order valence-electron chi connectivity index (χ4n) is 2.46. The first-order valence-corrected chi connectivity index (χ1v) is 9.19. The molecule has 8 heteroatoms. The molecule has 0 unspecified atom stereocenters. The Bertz CT molecular complexity index is 494. The number of hydrogen-bond acceptors (Lipinski definition) is 7. The van der Waals surface area contributed by atoms with Crippen molar-refractivity contribution in [2.45, 2.75) is 6.42 Å². The van der Waals surface area contributed by atoms with Crippen molar-refractivity contribution in [2.75, 3.05) is 61.5 Å². The Morgan fingerprint density at radius 1 is 1.19 bits per heavy atom. The second kappa shape index (κ2) is 6.85. The number of carbonyl (C=O) groups excluding carboxylic acids is 1. The second-order valence-electron chi connectivity index (χ2n) is 5.07. The van der Waals surface area contributed by atoms with Crippen LogP contribution in [0.25, 0.3) is 0 Å². The monoisotopic (exact) mass is 328 g/mol. The molecule has 2 fully saturated rings. The molecule has 2 saturated heterocycles. The van der Waals surface area contributed by atoms with Gasteiger partial charge in [-0.3, -0.25) is 4.79 Å². The topological polar surface area (TPSA) is 71.7 Å². The van der Waals surface area contributed by atoms with Crippen molar-refractivity contribution in [3.63, 3.8) is 0 Å². The van der Waals surface area contributed by atoms with E-state index in [1.807, 2.05) is 16.7 Å². The van der Waals surface area contributed by atoms with Crippen molar-refractivity contribution in [1.29, 1.82) is 0 Å². The van der Waals surface area contributed by atoms with E-state index in [4.69, 9.17) is 10.5 Å². The number of nitrogens with two attached hydrogens (primary N) is 1. The van der Waals surface area contributed by atoms with Gasteiger partial charge in [0.25, 0.3) is 5.91 Å². The van der Waals surface area contributed by atoms with Crippen molar-refractivity contribution in [1.82, 2.24) is 9.88 Å². The lowest BCUT2D eigenvalue weighted by Crippen LogP contribution is -2.36. The van der Waals surface area contributed by atoms with E-state index >= 15 is 0 Å². The normalized spacial score (nSPS) is 20.4. The van der Waals surface area contributed by atoms with E-state index in [0.717, 1.165) is 49.2 Å². The molecular weight excluding hydrogens is 308 g/mol. The van der Waals surface area contributed by atoms with Crippen LogP contribution in [0, 0.1) is 0 Å². The van der Waals surface area contributed by atoms with E-state index in [9.17, 15) is 4.79 Å². The predicted molar refractivity (Wildman–Crippen MR) is 87.4 cm³/mol. The number of nitrogens with zero attached hydrogens (tertiary/aromatic N) is 3. The highest BCUT2D eigenvalue weighted by Crippen LogP contribution is 2.30. The van der Waals surface area contributed by atoms with Crippen LogP contribution in [0.4, 0.5) is 10.9 Å². The van der Waals surface area contributed by atoms with Gasteiger partial charge in [0.05, 0.1) is 13.2 Å². The van der Waals surface area contributed by atoms with Crippen LogP contribution in [-0.2, 0) is 4.74 Å². The maximum Gasteiger partial charge on any atom is 0.267 e. The number of thioether (sulfide) groups is 1. The summed E-state index contributed by atoms with van der Waals surface area (Å²) in [5.74, 6) is 2.53. The average Bonchev–Trinajstić information content (AvgIpc) is 2.74. The number of thiazole rings is 1. The molecule has 2 N–H and O–H groups in total. The molecule has 2 aliphatic rings. The fourth-order valence-corrected chi connectivity index (χ4v) is 4.35. The lowest BCUT2D eigenvalue weighted by Gasteiger charge is -2.26. The van der Waals surface area contributed by atoms with Gasteiger partial charge in [-0.05, 0) is 12.2 Å². The minimum absolute atomic E-state index is 0.0343. The molecule has 0 spiro atoms. The van der Waals surface area contributed by atoms with Gasteiger partial charge in [0.1, 0.15) is 10.7 Å². The summed E-state index contributed by atoms with van der Waals surface area (Å²) in [5.41, 5.74) is 5.98. The third kappa shape index (κ3) is 3.44. The first-order valence-electron chi connectivity index (χ1n) is 7.22. The van der Waals surface area contributed by atoms with Gasteiger partial charge < -0.3 is 20.3 Å². The Hall–Kier alpha value is -0.990. The van der Waals surface area contributed by atoms with E-state index in [1.165, 1.54) is 11.3 Å². The Kier molecular flexibility index (Phi) is 4.87. The highest BCUT2D eigenvalue weighted by atomic mass is 32.2. The summed E-state index contributed by atoms with van der Waals surface area (Å²) < 4.78 is 5.34. The maximum absolute atomic E-state index is 12.6. The third-order valence-corrected chi connectivity index (χ3v) is 5.80. The molecule has 1 aromatic heterocycles. The van der Waals surface area contributed by atoms with E-state index in [-0.39, 0.29) is 5.91 Å². The van der Waals surface area contributed by atoms with Crippen molar-refractivity contribution in [3.8, 4) is 0 Å². The van der Waals surface area contributed by atoms with Gasteiger partial charge in [-0.15, -0.1) is 0 Å². The van der Waals surface area contributed by atoms with Crippen LogP contribution < -0.4 is 10.6 Å². The molecule has 0 aromatic carbocycles. The first-order chi connectivity index (χ1) is 10.3. The lowest BCUT2D eigenvalue weighted by atomic mass is 10.3. The summed E-state index contributed by atoms with van der Waals surface area (Å²) in [6.07, 6.45) is 1.05. The number of carbonyl (C=O) groups is 1. The summed E-state index contributed by atoms with van der Waals surface area (Å²) >= 11 is 3.32. The van der Waals surface area contributed by atoms with E-state index in [1.54, 1.807) is 0 Å². The molecule has 21 heavy (non-hydrogen) atoms. The summed E-state index contributed by atoms with van der Waals surface area (Å²) in [5, 5.41) is 0.836. The van der Waals surface area contributed by atoms with Crippen molar-refractivity contribution >= 4 is 40.0 Å². The van der Waals surface area contributed by atoms with E-state index in [2.05, 4.69) is 9.88 Å². The number of ether oxygens (including phenoxy) is 1. The Labute approximate surface area is 132 Å². The standard InChI is InChI=1S/C13H20N4O2S2/c14-11-10(12(18)16-2-1-8-20-9-5-16)21-13(15-11)17-3-6-19-7-4-17/h1-9,14H2. The number of anilines is 2. The highest BCUT2D eigenvalue weighted by molar-refractivity contribution is 7.99. The number of morpholine rings is 1. The van der Waals surface area contributed by atoms with Crippen molar-refractivity contribution < 1.29 is 9.53 Å². The van der Waals surface area contributed by atoms with E-state index < -0.39 is 0 Å². The van der Waals surface area contributed by atoms with Crippen LogP contribution in [0.2, 0.25) is 0 Å². The Balaban J connectivity index is 1.74. The molecule has 0 saturated carbocycles. The summed E-state index contributed by atoms with van der Waals surface area (Å²) in [4.78, 5) is 21.7. The maximum atomic E-state index is 12.6. The van der Waals surface area contributed by atoms with Gasteiger partial charge >= 0.3 is 0 Å². The lowest BCUT2D eigenvalue weighted by molar-refractivity contribution is 0.0774. The minimum atomic E-state index is 0.0343. The number of aromatic nitrogens is 1. The predicted octanol–water partition coefficient (Wildman–Crippen LogP) is 1.14. The van der Waals surface area contributed by atoms with Crippen LogP contribution in [0.1, 0.15) is 16.1 Å².